The molecule has 0 radical (unpaired) electrons. The Kier molecular flexibility index (Phi) is 5.83. The molecular formula is C17H23ClN2O2. The van der Waals surface area contributed by atoms with Crippen LogP contribution >= 0.6 is 11.6 Å². The maximum Gasteiger partial charge on any atom is 0.252 e. The van der Waals surface area contributed by atoms with Gasteiger partial charge < -0.3 is 10.2 Å². The van der Waals surface area contributed by atoms with Gasteiger partial charge in [0.05, 0.1) is 10.6 Å². The van der Waals surface area contributed by atoms with E-state index >= 15 is 0 Å². The molecule has 120 valence electrons. The molecule has 0 unspecified atom stereocenters. The van der Waals surface area contributed by atoms with Crippen LogP contribution in [0.15, 0.2) is 24.3 Å². The fourth-order valence-corrected chi connectivity index (χ4v) is 3.27. The van der Waals surface area contributed by atoms with Crippen molar-refractivity contribution < 1.29 is 9.59 Å². The third kappa shape index (κ3) is 4.47. The Morgan fingerprint density at radius 3 is 2.50 bits per heavy atom. The molecule has 0 aromatic heterocycles. The first-order chi connectivity index (χ1) is 10.5. The third-order valence-corrected chi connectivity index (χ3v) is 4.29. The Morgan fingerprint density at radius 2 is 1.86 bits per heavy atom. The van der Waals surface area contributed by atoms with E-state index in [9.17, 15) is 9.59 Å². The minimum Gasteiger partial charge on any atom is -0.351 e. The summed E-state index contributed by atoms with van der Waals surface area (Å²) in [4.78, 5) is 26.1. The molecule has 1 aromatic carbocycles. The summed E-state index contributed by atoms with van der Waals surface area (Å²) in [7, 11) is 0. The summed E-state index contributed by atoms with van der Waals surface area (Å²) in [5.74, 6) is 0.965. The lowest BCUT2D eigenvalue weighted by atomic mass is 9.92. The molecule has 2 atom stereocenters. The van der Waals surface area contributed by atoms with Gasteiger partial charge in [0.25, 0.3) is 5.91 Å². The summed E-state index contributed by atoms with van der Waals surface area (Å²) in [6.45, 7) is 6.33. The maximum absolute atomic E-state index is 12.2. The van der Waals surface area contributed by atoms with Crippen molar-refractivity contribution in [1.29, 1.82) is 0 Å². The Bertz CT molecular complexity index is 537. The van der Waals surface area contributed by atoms with Crippen molar-refractivity contribution in [3.63, 3.8) is 0 Å². The van der Waals surface area contributed by atoms with Crippen molar-refractivity contribution in [3.8, 4) is 0 Å². The quantitative estimate of drug-likeness (QED) is 0.926. The van der Waals surface area contributed by atoms with Gasteiger partial charge in [-0.3, -0.25) is 9.59 Å². The lowest BCUT2D eigenvalue weighted by Gasteiger charge is -2.35. The Labute approximate surface area is 136 Å². The number of piperidine rings is 1. The largest absolute Gasteiger partial charge is 0.351 e. The number of carbonyl (C=O) groups is 2. The van der Waals surface area contributed by atoms with E-state index in [1.54, 1.807) is 24.3 Å². The molecule has 1 saturated heterocycles. The number of rotatable bonds is 4. The smallest absolute Gasteiger partial charge is 0.252 e. The molecular weight excluding hydrogens is 300 g/mol. The Hall–Kier alpha value is -1.55. The highest BCUT2D eigenvalue weighted by atomic mass is 35.5. The van der Waals surface area contributed by atoms with Crippen LogP contribution in [0.1, 0.15) is 37.0 Å². The average molecular weight is 323 g/mol. The van der Waals surface area contributed by atoms with Crippen LogP contribution in [0.5, 0.6) is 0 Å². The molecule has 0 bridgehead atoms. The molecule has 1 N–H and O–H groups in total. The number of likely N-dealkylation sites (tertiary alicyclic amines) is 1. The summed E-state index contributed by atoms with van der Waals surface area (Å²) in [6.07, 6.45) is 1.50. The van der Waals surface area contributed by atoms with Gasteiger partial charge in [-0.1, -0.05) is 37.6 Å². The molecule has 0 spiro atoms. The zero-order valence-corrected chi connectivity index (χ0v) is 13.9. The fraction of sp³-hybridized carbons (Fsp3) is 0.529. The van der Waals surface area contributed by atoms with Gasteiger partial charge in [0.1, 0.15) is 0 Å². The molecule has 5 heteroatoms. The van der Waals surface area contributed by atoms with E-state index in [1.807, 2.05) is 4.90 Å². The molecule has 1 aromatic rings. The second-order valence-electron chi connectivity index (χ2n) is 6.23. The molecule has 0 aliphatic carbocycles. The van der Waals surface area contributed by atoms with E-state index in [4.69, 9.17) is 11.6 Å². The van der Waals surface area contributed by atoms with Crippen LogP contribution in [0.25, 0.3) is 0 Å². The number of halogens is 1. The first-order valence-electron chi connectivity index (χ1n) is 7.78. The minimum atomic E-state index is -0.237. The number of amides is 2. The Balaban J connectivity index is 1.80. The SMILES string of the molecule is C[C@@H]1C[C@H](C)CN(C(=O)CCNC(=O)c2ccccc2Cl)C1. The molecule has 2 rings (SSSR count). The van der Waals surface area contributed by atoms with E-state index in [2.05, 4.69) is 19.2 Å². The molecule has 1 aliphatic heterocycles. The normalized spacial score (nSPS) is 21.5. The van der Waals surface area contributed by atoms with Crippen LogP contribution in [-0.2, 0) is 4.79 Å². The van der Waals surface area contributed by atoms with Crippen LogP contribution in [0.3, 0.4) is 0 Å². The number of carbonyl (C=O) groups excluding carboxylic acids is 2. The van der Waals surface area contributed by atoms with Crippen molar-refractivity contribution in [3.05, 3.63) is 34.9 Å². The summed E-state index contributed by atoms with van der Waals surface area (Å²) in [6, 6.07) is 6.90. The summed E-state index contributed by atoms with van der Waals surface area (Å²) in [5, 5.41) is 3.18. The van der Waals surface area contributed by atoms with E-state index in [-0.39, 0.29) is 11.8 Å². The van der Waals surface area contributed by atoms with Gasteiger partial charge in [-0.25, -0.2) is 0 Å². The second-order valence-corrected chi connectivity index (χ2v) is 6.64. The minimum absolute atomic E-state index is 0.109. The van der Waals surface area contributed by atoms with Gasteiger partial charge in [-0.05, 0) is 30.4 Å². The fourth-order valence-electron chi connectivity index (χ4n) is 3.05. The van der Waals surface area contributed by atoms with Crippen LogP contribution in [-0.4, -0.2) is 36.3 Å². The van der Waals surface area contributed by atoms with Crippen molar-refractivity contribution >= 4 is 23.4 Å². The molecule has 0 saturated carbocycles. The van der Waals surface area contributed by atoms with Gasteiger partial charge in [0.2, 0.25) is 5.91 Å². The zero-order valence-electron chi connectivity index (χ0n) is 13.1. The van der Waals surface area contributed by atoms with Crippen LogP contribution in [0, 0.1) is 11.8 Å². The number of nitrogens with one attached hydrogen (secondary N) is 1. The number of hydrogen-bond donors (Lipinski definition) is 1. The van der Waals surface area contributed by atoms with E-state index in [0.29, 0.717) is 35.4 Å². The first-order valence-corrected chi connectivity index (χ1v) is 8.15. The molecule has 1 heterocycles. The summed E-state index contributed by atoms with van der Waals surface area (Å²) >= 11 is 5.98. The average Bonchev–Trinajstić information content (AvgIpc) is 2.46. The number of benzene rings is 1. The van der Waals surface area contributed by atoms with Crippen molar-refractivity contribution in [2.24, 2.45) is 11.8 Å². The lowest BCUT2D eigenvalue weighted by Crippen LogP contribution is -2.43. The van der Waals surface area contributed by atoms with Gasteiger partial charge in [0, 0.05) is 26.1 Å². The third-order valence-electron chi connectivity index (χ3n) is 3.96. The molecule has 1 fully saturated rings. The topological polar surface area (TPSA) is 49.4 Å². The summed E-state index contributed by atoms with van der Waals surface area (Å²) < 4.78 is 0. The predicted molar refractivity (Wildman–Crippen MR) is 87.9 cm³/mol. The van der Waals surface area contributed by atoms with Gasteiger partial charge in [-0.15, -0.1) is 0 Å². The van der Waals surface area contributed by atoms with Crippen molar-refractivity contribution in [1.82, 2.24) is 10.2 Å². The molecule has 1 aliphatic rings. The van der Waals surface area contributed by atoms with E-state index < -0.39 is 0 Å². The highest BCUT2D eigenvalue weighted by Crippen LogP contribution is 2.21. The molecule has 2 amide bonds. The Morgan fingerprint density at radius 1 is 1.23 bits per heavy atom. The highest BCUT2D eigenvalue weighted by molar-refractivity contribution is 6.33. The molecule has 22 heavy (non-hydrogen) atoms. The number of hydrogen-bond acceptors (Lipinski definition) is 2. The summed E-state index contributed by atoms with van der Waals surface area (Å²) in [5.41, 5.74) is 0.442. The maximum atomic E-state index is 12.2. The predicted octanol–water partition coefficient (Wildman–Crippen LogP) is 2.96. The highest BCUT2D eigenvalue weighted by Gasteiger charge is 2.25. The first kappa shape index (κ1) is 16.8. The molecule has 4 nitrogen and oxygen atoms in total. The monoisotopic (exact) mass is 322 g/mol. The van der Waals surface area contributed by atoms with Gasteiger partial charge in [-0.2, -0.15) is 0 Å². The lowest BCUT2D eigenvalue weighted by molar-refractivity contribution is -0.133. The van der Waals surface area contributed by atoms with E-state index in [0.717, 1.165) is 13.1 Å². The van der Waals surface area contributed by atoms with Crippen molar-refractivity contribution in [2.75, 3.05) is 19.6 Å². The van der Waals surface area contributed by atoms with E-state index in [1.165, 1.54) is 6.42 Å². The van der Waals surface area contributed by atoms with Crippen LogP contribution in [0.4, 0.5) is 0 Å². The van der Waals surface area contributed by atoms with Gasteiger partial charge >= 0.3 is 0 Å². The standard InChI is InChI=1S/C17H23ClN2O2/c1-12-9-13(2)11-20(10-12)16(21)7-8-19-17(22)14-5-3-4-6-15(14)18/h3-6,12-13H,7-11H2,1-2H3,(H,19,22)/t12-,13+. The number of nitrogens with zero attached hydrogens (tertiary/aromatic N) is 1. The van der Waals surface area contributed by atoms with Crippen molar-refractivity contribution in [2.45, 2.75) is 26.7 Å². The van der Waals surface area contributed by atoms with Crippen LogP contribution in [0.2, 0.25) is 5.02 Å². The zero-order chi connectivity index (χ0) is 16.1. The van der Waals surface area contributed by atoms with Crippen LogP contribution < -0.4 is 5.32 Å². The van der Waals surface area contributed by atoms with Gasteiger partial charge in [0.15, 0.2) is 0 Å². The second kappa shape index (κ2) is 7.63.